The van der Waals surface area contributed by atoms with E-state index in [-0.39, 0.29) is 24.8 Å². The first-order valence-corrected chi connectivity index (χ1v) is 13.3. The van der Waals surface area contributed by atoms with Gasteiger partial charge in [0.2, 0.25) is 17.7 Å². The van der Waals surface area contributed by atoms with Crippen molar-refractivity contribution < 1.29 is 19.5 Å². The molecule has 0 aliphatic carbocycles. The van der Waals surface area contributed by atoms with Crippen molar-refractivity contribution in [3.63, 3.8) is 0 Å². The van der Waals surface area contributed by atoms with E-state index in [2.05, 4.69) is 10.6 Å². The van der Waals surface area contributed by atoms with Gasteiger partial charge in [-0.2, -0.15) is 0 Å². The number of anilines is 1. The number of aliphatic hydroxyl groups is 1. The van der Waals surface area contributed by atoms with Crippen LogP contribution in [0.15, 0.2) is 84.9 Å². The second-order valence-corrected chi connectivity index (χ2v) is 10.4. The fourth-order valence-corrected chi connectivity index (χ4v) is 5.47. The number of nitrogens with one attached hydrogen (secondary N) is 2. The van der Waals surface area contributed by atoms with Crippen LogP contribution in [-0.4, -0.2) is 70.4 Å². The minimum Gasteiger partial charge on any atom is -0.391 e. The number of benzene rings is 3. The number of carbonyl (C=O) groups is 3. The van der Waals surface area contributed by atoms with Crippen molar-refractivity contribution in [2.24, 2.45) is 0 Å². The first kappa shape index (κ1) is 26.4. The predicted molar refractivity (Wildman–Crippen MR) is 149 cm³/mol. The van der Waals surface area contributed by atoms with Crippen LogP contribution in [-0.2, 0) is 33.8 Å². The zero-order chi connectivity index (χ0) is 27.4. The minimum atomic E-state index is -0.858. The Bertz CT molecular complexity index is 1290. The molecule has 0 radical (unpaired) electrons. The molecule has 8 heteroatoms. The molecule has 1 fully saturated rings. The maximum atomic E-state index is 13.6. The number of carbonyl (C=O) groups excluding carboxylic acids is 3. The van der Waals surface area contributed by atoms with Gasteiger partial charge in [-0.1, -0.05) is 78.9 Å². The number of hydrogen-bond acceptors (Lipinski definition) is 5. The summed E-state index contributed by atoms with van der Waals surface area (Å²) >= 11 is 0. The number of hydrogen-bond donors (Lipinski definition) is 3. The average molecular weight is 527 g/mol. The third-order valence-electron chi connectivity index (χ3n) is 7.47. The zero-order valence-corrected chi connectivity index (χ0v) is 22.0. The van der Waals surface area contributed by atoms with E-state index in [4.69, 9.17) is 0 Å². The van der Waals surface area contributed by atoms with Gasteiger partial charge in [-0.05, 0) is 22.8 Å². The second kappa shape index (κ2) is 11.7. The van der Waals surface area contributed by atoms with Crippen LogP contribution in [0.4, 0.5) is 5.69 Å². The number of likely N-dealkylation sites (tertiary alicyclic amines) is 1. The molecule has 3 amide bonds. The zero-order valence-electron chi connectivity index (χ0n) is 22.0. The van der Waals surface area contributed by atoms with Crippen molar-refractivity contribution in [1.29, 1.82) is 0 Å². The number of β-amino-alcohol motifs (C(OH)–C–C–N with tert-alkyl or cyclic N) is 1. The topological polar surface area (TPSA) is 102 Å². The van der Waals surface area contributed by atoms with Crippen molar-refractivity contribution >= 4 is 23.4 Å². The van der Waals surface area contributed by atoms with E-state index in [1.54, 1.807) is 11.9 Å². The van der Waals surface area contributed by atoms with E-state index < -0.39 is 30.1 Å². The second-order valence-electron chi connectivity index (χ2n) is 10.4. The normalized spacial score (nSPS) is 20.6. The SMILES string of the molecule is CN(Cc1ccccc1)C(=O)[C@H](Cc1ccccc1)NC(=O)[C@@H]1C[C@@H](O)CN1C(=O)[C@@H]1Cc2ccccc2N1. The highest BCUT2D eigenvalue weighted by Crippen LogP contribution is 2.28. The number of rotatable bonds is 8. The van der Waals surface area contributed by atoms with E-state index in [0.29, 0.717) is 19.4 Å². The van der Waals surface area contributed by atoms with Gasteiger partial charge in [0.1, 0.15) is 18.1 Å². The summed E-state index contributed by atoms with van der Waals surface area (Å²) in [6, 6.07) is 24.8. The lowest BCUT2D eigenvalue weighted by Gasteiger charge is -2.29. The maximum Gasteiger partial charge on any atom is 0.246 e. The summed E-state index contributed by atoms with van der Waals surface area (Å²) < 4.78 is 0. The Morgan fingerprint density at radius 3 is 2.31 bits per heavy atom. The molecule has 0 aromatic heterocycles. The molecular weight excluding hydrogens is 492 g/mol. The van der Waals surface area contributed by atoms with E-state index in [0.717, 1.165) is 22.4 Å². The van der Waals surface area contributed by atoms with Crippen molar-refractivity contribution in [3.8, 4) is 0 Å². The summed E-state index contributed by atoms with van der Waals surface area (Å²) in [6.45, 7) is 0.484. The largest absolute Gasteiger partial charge is 0.391 e. The molecule has 4 atom stereocenters. The molecule has 202 valence electrons. The molecule has 2 aliphatic heterocycles. The smallest absolute Gasteiger partial charge is 0.246 e. The highest BCUT2D eigenvalue weighted by molar-refractivity contribution is 5.95. The first-order chi connectivity index (χ1) is 18.9. The number of para-hydroxylation sites is 1. The van der Waals surface area contributed by atoms with Gasteiger partial charge in [0.25, 0.3) is 0 Å². The molecule has 5 rings (SSSR count). The van der Waals surface area contributed by atoms with Crippen LogP contribution in [0, 0.1) is 0 Å². The van der Waals surface area contributed by atoms with Crippen molar-refractivity contribution in [3.05, 3.63) is 102 Å². The first-order valence-electron chi connectivity index (χ1n) is 13.3. The third kappa shape index (κ3) is 6.12. The minimum absolute atomic E-state index is 0.0800. The van der Waals surface area contributed by atoms with Crippen LogP contribution in [0.25, 0.3) is 0 Å². The summed E-state index contributed by atoms with van der Waals surface area (Å²) in [5.74, 6) is -0.881. The van der Waals surface area contributed by atoms with Crippen LogP contribution in [0.2, 0.25) is 0 Å². The highest BCUT2D eigenvalue weighted by atomic mass is 16.3. The quantitative estimate of drug-likeness (QED) is 0.418. The van der Waals surface area contributed by atoms with Gasteiger partial charge in [0.05, 0.1) is 6.10 Å². The van der Waals surface area contributed by atoms with E-state index >= 15 is 0 Å². The van der Waals surface area contributed by atoms with Gasteiger partial charge < -0.3 is 25.5 Å². The summed E-state index contributed by atoms with van der Waals surface area (Å²) in [5, 5.41) is 16.6. The van der Waals surface area contributed by atoms with Crippen LogP contribution in [0.5, 0.6) is 0 Å². The summed E-state index contributed by atoms with van der Waals surface area (Å²) in [7, 11) is 1.72. The van der Waals surface area contributed by atoms with Crippen molar-refractivity contribution in [2.45, 2.75) is 50.0 Å². The molecule has 3 aromatic rings. The maximum absolute atomic E-state index is 13.6. The summed E-state index contributed by atoms with van der Waals surface area (Å²) in [6.07, 6.45) is 0.156. The molecule has 1 saturated heterocycles. The molecule has 2 aliphatic rings. The van der Waals surface area contributed by atoms with Crippen LogP contribution in [0.3, 0.4) is 0 Å². The van der Waals surface area contributed by atoms with Gasteiger partial charge in [0, 0.05) is 45.1 Å². The monoisotopic (exact) mass is 526 g/mol. The number of fused-ring (bicyclic) bond motifs is 1. The standard InChI is InChI=1S/C31H34N4O4/c1-34(19-22-12-6-3-7-13-22)30(38)26(16-21-10-4-2-5-11-21)33-29(37)28-18-24(36)20-35(28)31(39)27-17-23-14-8-9-15-25(23)32-27/h2-15,24,26-28,32,36H,16-20H2,1H3,(H,33,37)/t24-,26+,27+,28+/m1/s1. The summed E-state index contributed by atoms with van der Waals surface area (Å²) in [4.78, 5) is 43.8. The lowest BCUT2D eigenvalue weighted by molar-refractivity contribution is -0.141. The highest BCUT2D eigenvalue weighted by Gasteiger charge is 2.43. The molecule has 0 saturated carbocycles. The number of amides is 3. The average Bonchev–Trinajstić information content (AvgIpc) is 3.57. The molecule has 2 heterocycles. The Hall–Kier alpha value is -4.17. The molecule has 3 aromatic carbocycles. The molecule has 0 spiro atoms. The van der Waals surface area contributed by atoms with Crippen LogP contribution < -0.4 is 10.6 Å². The molecule has 0 unspecified atom stereocenters. The molecule has 0 bridgehead atoms. The fraction of sp³-hybridized carbons (Fsp3) is 0.323. The van der Waals surface area contributed by atoms with Crippen LogP contribution >= 0.6 is 0 Å². The lowest BCUT2D eigenvalue weighted by atomic mass is 10.0. The van der Waals surface area contributed by atoms with E-state index in [1.165, 1.54) is 4.90 Å². The third-order valence-corrected chi connectivity index (χ3v) is 7.47. The Balaban J connectivity index is 1.31. The molecule has 8 nitrogen and oxygen atoms in total. The van der Waals surface area contributed by atoms with Gasteiger partial charge >= 0.3 is 0 Å². The number of likely N-dealkylation sites (N-methyl/N-ethyl adjacent to an activating group) is 1. The Kier molecular flexibility index (Phi) is 7.93. The Labute approximate surface area is 228 Å². The van der Waals surface area contributed by atoms with Crippen LogP contribution in [0.1, 0.15) is 23.1 Å². The van der Waals surface area contributed by atoms with E-state index in [1.807, 2.05) is 84.9 Å². The van der Waals surface area contributed by atoms with Crippen molar-refractivity contribution in [2.75, 3.05) is 18.9 Å². The fourth-order valence-electron chi connectivity index (χ4n) is 5.47. The van der Waals surface area contributed by atoms with E-state index in [9.17, 15) is 19.5 Å². The predicted octanol–water partition coefficient (Wildman–Crippen LogP) is 2.37. The lowest BCUT2D eigenvalue weighted by Crippen LogP contribution is -2.55. The van der Waals surface area contributed by atoms with Crippen molar-refractivity contribution in [1.82, 2.24) is 15.1 Å². The summed E-state index contributed by atoms with van der Waals surface area (Å²) in [5.41, 5.74) is 3.86. The Morgan fingerprint density at radius 1 is 0.974 bits per heavy atom. The van der Waals surface area contributed by atoms with Gasteiger partial charge in [-0.15, -0.1) is 0 Å². The van der Waals surface area contributed by atoms with Gasteiger partial charge in [-0.3, -0.25) is 14.4 Å². The van der Waals surface area contributed by atoms with Gasteiger partial charge in [0.15, 0.2) is 0 Å². The number of aliphatic hydroxyl groups excluding tert-OH is 1. The molecular formula is C31H34N4O4. The molecule has 3 N–H and O–H groups in total. The van der Waals surface area contributed by atoms with Gasteiger partial charge in [-0.25, -0.2) is 0 Å². The molecule has 39 heavy (non-hydrogen) atoms. The Morgan fingerprint density at radius 2 is 1.62 bits per heavy atom. The number of nitrogens with zero attached hydrogens (tertiary/aromatic N) is 2.